The molecule has 5 rings (SSSR count). The topological polar surface area (TPSA) is 15.7 Å². The van der Waals surface area contributed by atoms with Crippen molar-refractivity contribution >= 4 is 56.1 Å². The zero-order chi connectivity index (χ0) is 24.0. The number of rotatable bonds is 4. The predicted molar refractivity (Wildman–Crippen MR) is 151 cm³/mol. The van der Waals surface area contributed by atoms with Crippen LogP contribution in [0.4, 0.5) is 0 Å². The van der Waals surface area contributed by atoms with Crippen LogP contribution in [0, 0.1) is 5.92 Å². The van der Waals surface area contributed by atoms with Crippen molar-refractivity contribution in [3.05, 3.63) is 78.4 Å². The molecule has 0 saturated heterocycles. The first-order valence-corrected chi connectivity index (χ1v) is 12.3. The van der Waals surface area contributed by atoms with Crippen LogP contribution in [0.25, 0.3) is 32.7 Å². The van der Waals surface area contributed by atoms with Gasteiger partial charge in [0.15, 0.2) is 0 Å². The molecule has 1 unspecified atom stereocenters. The van der Waals surface area contributed by atoms with E-state index in [1.165, 1.54) is 27.3 Å². The minimum Gasteiger partial charge on any atom is -0.431 e. The monoisotopic (exact) mass is 484 g/mol. The van der Waals surface area contributed by atoms with Crippen LogP contribution in [0.2, 0.25) is 0 Å². The van der Waals surface area contributed by atoms with Gasteiger partial charge in [-0.05, 0) is 63.3 Å². The summed E-state index contributed by atoms with van der Waals surface area (Å²) in [6, 6.07) is 25.8. The molecule has 2 atom stereocenters. The SMILES string of the molecule is CN(C)C(=S)Oc1ccc2ccccc2c1-c1c([C@@H]2CC2C(=S)N(C)C)ccc2ccccc12. The molecule has 0 spiro atoms. The van der Waals surface area contributed by atoms with Crippen LogP contribution in [0.5, 0.6) is 5.75 Å². The van der Waals surface area contributed by atoms with E-state index in [-0.39, 0.29) is 0 Å². The van der Waals surface area contributed by atoms with Crippen LogP contribution in [-0.2, 0) is 0 Å². The molecule has 0 aliphatic heterocycles. The van der Waals surface area contributed by atoms with E-state index in [0.717, 1.165) is 28.1 Å². The van der Waals surface area contributed by atoms with Gasteiger partial charge in [0, 0.05) is 39.7 Å². The third-order valence-electron chi connectivity index (χ3n) is 6.61. The third kappa shape index (κ3) is 4.04. The van der Waals surface area contributed by atoms with Crippen LogP contribution in [0.3, 0.4) is 0 Å². The molecular formula is C29H28N2OS2. The van der Waals surface area contributed by atoms with Crippen molar-refractivity contribution in [2.75, 3.05) is 28.2 Å². The van der Waals surface area contributed by atoms with Crippen molar-refractivity contribution in [3.63, 3.8) is 0 Å². The molecule has 0 N–H and O–H groups in total. The van der Waals surface area contributed by atoms with Crippen molar-refractivity contribution in [2.45, 2.75) is 12.3 Å². The van der Waals surface area contributed by atoms with Gasteiger partial charge in [-0.15, -0.1) is 0 Å². The number of fused-ring (bicyclic) bond motifs is 2. The Balaban J connectivity index is 1.80. The van der Waals surface area contributed by atoms with Gasteiger partial charge >= 0.3 is 0 Å². The Labute approximate surface area is 211 Å². The van der Waals surface area contributed by atoms with E-state index in [1.807, 2.05) is 39.2 Å². The largest absolute Gasteiger partial charge is 0.431 e. The first-order chi connectivity index (χ1) is 16.4. The number of hydrogen-bond acceptors (Lipinski definition) is 3. The smallest absolute Gasteiger partial charge is 0.264 e. The van der Waals surface area contributed by atoms with E-state index in [4.69, 9.17) is 29.2 Å². The molecular weight excluding hydrogens is 456 g/mol. The van der Waals surface area contributed by atoms with Crippen molar-refractivity contribution < 1.29 is 4.74 Å². The maximum absolute atomic E-state index is 6.31. The number of thiocarbonyl (C=S) groups is 2. The Morgan fingerprint density at radius 2 is 1.32 bits per heavy atom. The Bertz CT molecular complexity index is 1430. The van der Waals surface area contributed by atoms with Crippen molar-refractivity contribution in [1.29, 1.82) is 0 Å². The quantitative estimate of drug-likeness (QED) is 0.293. The summed E-state index contributed by atoms with van der Waals surface area (Å²) in [5.74, 6) is 1.55. The average Bonchev–Trinajstić information content (AvgIpc) is 3.63. The van der Waals surface area contributed by atoms with Crippen LogP contribution >= 0.6 is 24.4 Å². The second-order valence-electron chi connectivity index (χ2n) is 9.35. The number of nitrogens with zero attached hydrogens (tertiary/aromatic N) is 2. The predicted octanol–water partition coefficient (Wildman–Crippen LogP) is 6.88. The van der Waals surface area contributed by atoms with E-state index < -0.39 is 0 Å². The minimum absolute atomic E-state index is 0.382. The number of benzene rings is 4. The molecule has 0 heterocycles. The lowest BCUT2D eigenvalue weighted by atomic mass is 9.87. The Kier molecular flexibility index (Phi) is 6.00. The summed E-state index contributed by atoms with van der Waals surface area (Å²) >= 11 is 11.3. The molecule has 1 aliphatic carbocycles. The molecule has 1 saturated carbocycles. The zero-order valence-electron chi connectivity index (χ0n) is 19.9. The van der Waals surface area contributed by atoms with Gasteiger partial charge in [-0.3, -0.25) is 0 Å². The molecule has 172 valence electrons. The van der Waals surface area contributed by atoms with Crippen molar-refractivity contribution in [2.24, 2.45) is 5.92 Å². The molecule has 4 aromatic rings. The lowest BCUT2D eigenvalue weighted by Gasteiger charge is -2.21. The first kappa shape index (κ1) is 22.8. The van der Waals surface area contributed by atoms with Crippen LogP contribution in [-0.4, -0.2) is 48.2 Å². The normalized spacial score (nSPS) is 16.9. The van der Waals surface area contributed by atoms with Crippen LogP contribution < -0.4 is 4.74 Å². The van der Waals surface area contributed by atoms with Gasteiger partial charge in [0.2, 0.25) is 0 Å². The van der Waals surface area contributed by atoms with Gasteiger partial charge in [-0.2, -0.15) is 0 Å². The fraction of sp³-hybridized carbons (Fsp3) is 0.241. The third-order valence-corrected chi connectivity index (χ3v) is 7.73. The van der Waals surface area contributed by atoms with Crippen molar-refractivity contribution in [1.82, 2.24) is 9.80 Å². The van der Waals surface area contributed by atoms with Gasteiger partial charge in [-0.1, -0.05) is 78.9 Å². The summed E-state index contributed by atoms with van der Waals surface area (Å²) in [6.07, 6.45) is 1.07. The summed E-state index contributed by atoms with van der Waals surface area (Å²) in [5, 5.41) is 5.21. The molecule has 5 heteroatoms. The summed E-state index contributed by atoms with van der Waals surface area (Å²) in [6.45, 7) is 0. The molecule has 0 aromatic heterocycles. The van der Waals surface area contributed by atoms with E-state index in [1.54, 1.807) is 0 Å². The van der Waals surface area contributed by atoms with Crippen LogP contribution in [0.15, 0.2) is 72.8 Å². The Hall–Kier alpha value is -3.02. The first-order valence-electron chi connectivity index (χ1n) is 11.5. The summed E-state index contributed by atoms with van der Waals surface area (Å²) in [7, 11) is 7.89. The molecule has 1 fully saturated rings. The average molecular weight is 485 g/mol. The summed E-state index contributed by atoms with van der Waals surface area (Å²) in [4.78, 5) is 4.92. The minimum atomic E-state index is 0.382. The van der Waals surface area contributed by atoms with Gasteiger partial charge < -0.3 is 14.5 Å². The van der Waals surface area contributed by atoms with E-state index in [0.29, 0.717) is 17.0 Å². The molecule has 4 aromatic carbocycles. The highest BCUT2D eigenvalue weighted by molar-refractivity contribution is 7.80. The molecule has 1 aliphatic rings. The number of ether oxygens (including phenoxy) is 1. The van der Waals surface area contributed by atoms with Gasteiger partial charge in [0.05, 0.1) is 4.99 Å². The Morgan fingerprint density at radius 3 is 1.94 bits per heavy atom. The maximum Gasteiger partial charge on any atom is 0.264 e. The fourth-order valence-corrected chi connectivity index (χ4v) is 5.15. The van der Waals surface area contributed by atoms with Crippen LogP contribution in [0.1, 0.15) is 17.9 Å². The summed E-state index contributed by atoms with van der Waals surface area (Å²) < 4.78 is 6.31. The molecule has 0 amide bonds. The second-order valence-corrected chi connectivity index (χ2v) is 10.1. The number of hydrogen-bond donors (Lipinski definition) is 0. The van der Waals surface area contributed by atoms with E-state index in [2.05, 4.69) is 71.6 Å². The zero-order valence-corrected chi connectivity index (χ0v) is 21.5. The van der Waals surface area contributed by atoms with Crippen molar-refractivity contribution in [3.8, 4) is 16.9 Å². The molecule has 34 heavy (non-hydrogen) atoms. The highest BCUT2D eigenvalue weighted by Crippen LogP contribution is 2.54. The molecule has 3 nitrogen and oxygen atoms in total. The lowest BCUT2D eigenvalue weighted by molar-refractivity contribution is 0.451. The summed E-state index contributed by atoms with van der Waals surface area (Å²) in [5.41, 5.74) is 3.64. The molecule has 0 bridgehead atoms. The van der Waals surface area contributed by atoms with E-state index in [9.17, 15) is 0 Å². The highest BCUT2D eigenvalue weighted by Gasteiger charge is 2.43. The standard InChI is InChI=1S/C29H28N2OS2/c1-30(2)28(33)24-17-23(24)22-15-13-18-9-5-7-11-20(18)26(22)27-21-12-8-6-10-19(21)14-16-25(27)32-29(34)31(3)4/h5-16,23-24H,17H2,1-4H3/t23-,24?/m0/s1. The van der Waals surface area contributed by atoms with E-state index >= 15 is 0 Å². The fourth-order valence-electron chi connectivity index (χ4n) is 4.80. The second kappa shape index (κ2) is 8.97. The molecule has 0 radical (unpaired) electrons. The van der Waals surface area contributed by atoms with Gasteiger partial charge in [0.25, 0.3) is 5.17 Å². The lowest BCUT2D eigenvalue weighted by Crippen LogP contribution is -2.25. The Morgan fingerprint density at radius 1 is 0.735 bits per heavy atom. The van der Waals surface area contributed by atoms with Gasteiger partial charge in [0.1, 0.15) is 5.75 Å². The van der Waals surface area contributed by atoms with Gasteiger partial charge in [-0.25, -0.2) is 0 Å². The maximum atomic E-state index is 6.31. The highest BCUT2D eigenvalue weighted by atomic mass is 32.1.